The first kappa shape index (κ1) is 17.4. The number of rotatable bonds is 4. The third-order valence-electron chi connectivity index (χ3n) is 4.37. The van der Waals surface area contributed by atoms with Crippen LogP contribution in [0.4, 0.5) is 0 Å². The highest BCUT2D eigenvalue weighted by atomic mass is 35.5. The van der Waals surface area contributed by atoms with E-state index in [4.69, 9.17) is 25.2 Å². The molecule has 0 bridgehead atoms. The standard InChI is InChI=1S/C21H15ClO5/c1-2-12-7-19-16(10-17(12)22)14(8-21(24)27-19)11-25-15-5-3-13-4-6-20(23)26-18(13)9-15/h3-10H,2,11H2,1H3. The van der Waals surface area contributed by atoms with E-state index in [1.807, 2.05) is 6.92 Å². The quantitative estimate of drug-likeness (QED) is 0.479. The van der Waals surface area contributed by atoms with Gasteiger partial charge in [0.1, 0.15) is 23.5 Å². The van der Waals surface area contributed by atoms with E-state index in [1.165, 1.54) is 12.1 Å². The topological polar surface area (TPSA) is 69.7 Å². The minimum Gasteiger partial charge on any atom is -0.489 e. The van der Waals surface area contributed by atoms with Crippen LogP contribution < -0.4 is 16.0 Å². The van der Waals surface area contributed by atoms with Crippen molar-refractivity contribution in [2.75, 3.05) is 0 Å². The summed E-state index contributed by atoms with van der Waals surface area (Å²) >= 11 is 6.31. The molecule has 6 heteroatoms. The third-order valence-corrected chi connectivity index (χ3v) is 4.72. The molecule has 0 radical (unpaired) electrons. The normalized spacial score (nSPS) is 11.2. The van der Waals surface area contributed by atoms with Gasteiger partial charge >= 0.3 is 11.3 Å². The van der Waals surface area contributed by atoms with Gasteiger partial charge in [0.15, 0.2) is 0 Å². The summed E-state index contributed by atoms with van der Waals surface area (Å²) in [7, 11) is 0. The molecule has 0 amide bonds. The van der Waals surface area contributed by atoms with Crippen molar-refractivity contribution in [1.29, 1.82) is 0 Å². The second-order valence-corrected chi connectivity index (χ2v) is 6.53. The first-order chi connectivity index (χ1) is 13.0. The van der Waals surface area contributed by atoms with E-state index in [0.717, 1.165) is 22.8 Å². The molecule has 0 atom stereocenters. The zero-order chi connectivity index (χ0) is 19.0. The van der Waals surface area contributed by atoms with Crippen molar-refractivity contribution in [1.82, 2.24) is 0 Å². The van der Waals surface area contributed by atoms with Crippen LogP contribution in [-0.2, 0) is 13.0 Å². The number of ether oxygens (including phenoxy) is 1. The van der Waals surface area contributed by atoms with E-state index in [1.54, 1.807) is 36.4 Å². The summed E-state index contributed by atoms with van der Waals surface area (Å²) in [6.07, 6.45) is 0.738. The van der Waals surface area contributed by atoms with Crippen molar-refractivity contribution in [2.24, 2.45) is 0 Å². The van der Waals surface area contributed by atoms with Gasteiger partial charge in [-0.3, -0.25) is 0 Å². The highest BCUT2D eigenvalue weighted by molar-refractivity contribution is 6.32. The Balaban J connectivity index is 1.70. The Morgan fingerprint density at radius 3 is 2.48 bits per heavy atom. The summed E-state index contributed by atoms with van der Waals surface area (Å²) in [6, 6.07) is 13.2. The van der Waals surface area contributed by atoms with Crippen LogP contribution >= 0.6 is 11.6 Å². The Bertz CT molecular complexity index is 1270. The van der Waals surface area contributed by atoms with E-state index < -0.39 is 11.3 Å². The number of halogens is 1. The Morgan fingerprint density at radius 2 is 1.67 bits per heavy atom. The molecule has 136 valence electrons. The average Bonchev–Trinajstić information content (AvgIpc) is 2.65. The first-order valence-electron chi connectivity index (χ1n) is 8.45. The zero-order valence-electron chi connectivity index (χ0n) is 14.5. The molecular formula is C21H15ClO5. The summed E-state index contributed by atoms with van der Waals surface area (Å²) in [5, 5.41) is 2.14. The van der Waals surface area contributed by atoms with Gasteiger partial charge in [-0.1, -0.05) is 18.5 Å². The molecule has 0 spiro atoms. The Hall–Kier alpha value is -3.05. The largest absolute Gasteiger partial charge is 0.489 e. The smallest absolute Gasteiger partial charge is 0.336 e. The Morgan fingerprint density at radius 1 is 0.889 bits per heavy atom. The van der Waals surface area contributed by atoms with Gasteiger partial charge in [-0.25, -0.2) is 9.59 Å². The summed E-state index contributed by atoms with van der Waals surface area (Å²) < 4.78 is 16.3. The van der Waals surface area contributed by atoms with Crippen LogP contribution in [0.3, 0.4) is 0 Å². The molecule has 0 aliphatic rings. The highest BCUT2D eigenvalue weighted by Crippen LogP contribution is 2.27. The minimum atomic E-state index is -0.449. The molecule has 0 saturated carbocycles. The van der Waals surface area contributed by atoms with Crippen LogP contribution in [0.5, 0.6) is 5.75 Å². The van der Waals surface area contributed by atoms with Gasteiger partial charge in [0.05, 0.1) is 0 Å². The van der Waals surface area contributed by atoms with E-state index >= 15 is 0 Å². The van der Waals surface area contributed by atoms with Crippen LogP contribution in [0.15, 0.2) is 67.0 Å². The predicted molar refractivity (Wildman–Crippen MR) is 104 cm³/mol. The fraction of sp³-hybridized carbons (Fsp3) is 0.143. The van der Waals surface area contributed by atoms with Crippen molar-refractivity contribution >= 4 is 33.5 Å². The van der Waals surface area contributed by atoms with Crippen molar-refractivity contribution in [2.45, 2.75) is 20.0 Å². The second kappa shape index (κ2) is 6.93. The Kier molecular flexibility index (Phi) is 4.46. The van der Waals surface area contributed by atoms with Gasteiger partial charge in [-0.15, -0.1) is 0 Å². The second-order valence-electron chi connectivity index (χ2n) is 6.13. The zero-order valence-corrected chi connectivity index (χ0v) is 15.2. The van der Waals surface area contributed by atoms with Crippen LogP contribution in [0.2, 0.25) is 5.02 Å². The molecule has 0 unspecified atom stereocenters. The van der Waals surface area contributed by atoms with Crippen LogP contribution in [0, 0.1) is 0 Å². The molecule has 5 nitrogen and oxygen atoms in total. The Labute approximate surface area is 158 Å². The number of hydrogen-bond acceptors (Lipinski definition) is 5. The average molecular weight is 383 g/mol. The van der Waals surface area contributed by atoms with Gasteiger partial charge < -0.3 is 13.6 Å². The maximum atomic E-state index is 11.9. The molecule has 4 rings (SSSR count). The number of fused-ring (bicyclic) bond motifs is 2. The van der Waals surface area contributed by atoms with Crippen LogP contribution in [0.1, 0.15) is 18.1 Å². The summed E-state index contributed by atoms with van der Waals surface area (Å²) in [5.41, 5.74) is 1.62. The molecule has 2 aromatic heterocycles. The minimum absolute atomic E-state index is 0.145. The maximum absolute atomic E-state index is 11.9. The molecular weight excluding hydrogens is 368 g/mol. The fourth-order valence-electron chi connectivity index (χ4n) is 2.97. The lowest BCUT2D eigenvalue weighted by Crippen LogP contribution is -2.04. The summed E-state index contributed by atoms with van der Waals surface area (Å²) in [5.74, 6) is 0.523. The lowest BCUT2D eigenvalue weighted by Gasteiger charge is -2.10. The number of benzene rings is 2. The number of hydrogen-bond donors (Lipinski definition) is 0. The number of aryl methyl sites for hydroxylation is 1. The van der Waals surface area contributed by atoms with Crippen molar-refractivity contribution < 1.29 is 13.6 Å². The highest BCUT2D eigenvalue weighted by Gasteiger charge is 2.11. The third kappa shape index (κ3) is 3.46. The lowest BCUT2D eigenvalue weighted by atomic mass is 10.1. The van der Waals surface area contributed by atoms with Gasteiger partial charge in [0.2, 0.25) is 0 Å². The van der Waals surface area contributed by atoms with Gasteiger partial charge in [-0.2, -0.15) is 0 Å². The fourth-order valence-corrected chi connectivity index (χ4v) is 3.27. The maximum Gasteiger partial charge on any atom is 0.336 e. The van der Waals surface area contributed by atoms with Crippen LogP contribution in [-0.4, -0.2) is 0 Å². The first-order valence-corrected chi connectivity index (χ1v) is 8.83. The van der Waals surface area contributed by atoms with E-state index in [2.05, 4.69) is 0 Å². The van der Waals surface area contributed by atoms with Crippen molar-refractivity contribution in [3.63, 3.8) is 0 Å². The SMILES string of the molecule is CCc1cc2oc(=O)cc(COc3ccc4ccc(=O)oc4c3)c2cc1Cl. The molecule has 4 aromatic rings. The van der Waals surface area contributed by atoms with E-state index in [9.17, 15) is 9.59 Å². The molecule has 27 heavy (non-hydrogen) atoms. The van der Waals surface area contributed by atoms with Crippen molar-refractivity contribution in [3.8, 4) is 5.75 Å². The van der Waals surface area contributed by atoms with Gasteiger partial charge in [-0.05, 0) is 42.3 Å². The molecule has 0 aliphatic heterocycles. The monoisotopic (exact) mass is 382 g/mol. The molecule has 2 heterocycles. The summed E-state index contributed by atoms with van der Waals surface area (Å²) in [6.45, 7) is 2.13. The van der Waals surface area contributed by atoms with E-state index in [-0.39, 0.29) is 6.61 Å². The van der Waals surface area contributed by atoms with Crippen LogP contribution in [0.25, 0.3) is 21.9 Å². The van der Waals surface area contributed by atoms with Gasteiger partial charge in [0, 0.05) is 39.6 Å². The molecule has 0 N–H and O–H groups in total. The predicted octanol–water partition coefficient (Wildman–Crippen LogP) is 4.69. The summed E-state index contributed by atoms with van der Waals surface area (Å²) in [4.78, 5) is 23.3. The molecule has 0 saturated heterocycles. The molecule has 2 aromatic carbocycles. The molecule has 0 fully saturated rings. The molecule has 0 aliphatic carbocycles. The van der Waals surface area contributed by atoms with E-state index in [0.29, 0.717) is 27.5 Å². The lowest BCUT2D eigenvalue weighted by molar-refractivity contribution is 0.306. The van der Waals surface area contributed by atoms with Crippen molar-refractivity contribution in [3.05, 3.63) is 85.5 Å². The van der Waals surface area contributed by atoms with Gasteiger partial charge in [0.25, 0.3) is 0 Å².